The lowest BCUT2D eigenvalue weighted by Gasteiger charge is -2.42. The quantitative estimate of drug-likeness (QED) is 0.342. The molecule has 3 nitrogen and oxygen atoms in total. The molecule has 4 aromatic carbocycles. The highest BCUT2D eigenvalue weighted by molar-refractivity contribution is 7.97. The molecule has 0 unspecified atom stereocenters. The van der Waals surface area contributed by atoms with Crippen molar-refractivity contribution in [2.75, 3.05) is 0 Å². The Morgan fingerprint density at radius 2 is 0.727 bits per heavy atom. The minimum atomic E-state index is -3.77. The Morgan fingerprint density at radius 3 is 0.909 bits per heavy atom. The zero-order chi connectivity index (χ0) is 23.5. The maximum atomic E-state index is 15.5. The van der Waals surface area contributed by atoms with Crippen molar-refractivity contribution in [3.05, 3.63) is 121 Å². The topological polar surface area (TPSA) is 51.2 Å². The van der Waals surface area contributed by atoms with E-state index < -0.39 is 19.2 Å². The Balaban J connectivity index is 2.18. The predicted octanol–water partition coefficient (Wildman–Crippen LogP) is 5.32. The minimum Gasteiger partial charge on any atom is -0.312 e. The summed E-state index contributed by atoms with van der Waals surface area (Å²) in [5, 5.41) is 2.06. The Bertz CT molecular complexity index is 1150. The Labute approximate surface area is 195 Å². The summed E-state index contributed by atoms with van der Waals surface area (Å²) in [6, 6.07) is 36.0. The first-order valence-corrected chi connectivity index (χ1v) is 14.2. The number of carbonyl (C=O) groups excluding carboxylic acids is 1. The van der Waals surface area contributed by atoms with E-state index in [1.807, 2.05) is 24.3 Å². The molecule has 33 heavy (non-hydrogen) atoms. The van der Waals surface area contributed by atoms with Gasteiger partial charge in [0.15, 0.2) is 20.1 Å². The molecule has 0 aliphatic carbocycles. The van der Waals surface area contributed by atoms with Gasteiger partial charge in [0.2, 0.25) is 0 Å². The molecule has 0 aliphatic heterocycles. The van der Waals surface area contributed by atoms with Gasteiger partial charge in [-0.15, -0.1) is 0 Å². The Kier molecular flexibility index (Phi) is 6.39. The average Bonchev–Trinajstić information content (AvgIpc) is 2.89. The third kappa shape index (κ3) is 3.57. The van der Waals surface area contributed by atoms with Crippen LogP contribution in [0.15, 0.2) is 121 Å². The van der Waals surface area contributed by atoms with Crippen molar-refractivity contribution in [2.45, 2.75) is 18.7 Å². The van der Waals surface area contributed by atoms with Gasteiger partial charge < -0.3 is 9.13 Å². The standard InChI is InChI=1S/C28H26O3P2/c1-23(29)28(2,32(30,24-15-7-3-8-16-24)25-17-9-4-10-18-25)33(31,26-19-11-5-12-20-26)27-21-13-6-14-22-27/h3-22H,1-2H3. The van der Waals surface area contributed by atoms with Crippen LogP contribution in [0.2, 0.25) is 0 Å². The zero-order valence-electron chi connectivity index (χ0n) is 18.7. The van der Waals surface area contributed by atoms with E-state index in [1.165, 1.54) is 6.92 Å². The van der Waals surface area contributed by atoms with Gasteiger partial charge in [-0.3, -0.25) is 4.79 Å². The summed E-state index contributed by atoms with van der Waals surface area (Å²) in [5.74, 6) is -0.366. The molecule has 0 fully saturated rings. The second kappa shape index (κ2) is 9.10. The number of hydrogen-bond acceptors (Lipinski definition) is 3. The van der Waals surface area contributed by atoms with Gasteiger partial charge in [-0.25, -0.2) is 0 Å². The largest absolute Gasteiger partial charge is 0.312 e. The van der Waals surface area contributed by atoms with Crippen LogP contribution in [0.25, 0.3) is 0 Å². The second-order valence-electron chi connectivity index (χ2n) is 8.14. The van der Waals surface area contributed by atoms with E-state index in [1.54, 1.807) is 104 Å². The molecular formula is C28H26O3P2. The molecule has 0 N–H and O–H groups in total. The van der Waals surface area contributed by atoms with Crippen molar-refractivity contribution in [2.24, 2.45) is 0 Å². The van der Waals surface area contributed by atoms with Crippen LogP contribution >= 0.6 is 14.3 Å². The van der Waals surface area contributed by atoms with Crippen LogP contribution in [0, 0.1) is 0 Å². The van der Waals surface area contributed by atoms with Gasteiger partial charge >= 0.3 is 0 Å². The molecule has 4 rings (SSSR count). The summed E-state index contributed by atoms with van der Waals surface area (Å²) in [6.45, 7) is 3.05. The first-order valence-electron chi connectivity index (χ1n) is 10.8. The molecule has 5 heteroatoms. The van der Waals surface area contributed by atoms with Gasteiger partial charge in [-0.1, -0.05) is 121 Å². The molecule has 0 amide bonds. The second-order valence-corrected chi connectivity index (χ2v) is 14.8. The maximum Gasteiger partial charge on any atom is 0.163 e. The summed E-state index contributed by atoms with van der Waals surface area (Å²) in [6.07, 6.45) is 0. The van der Waals surface area contributed by atoms with Gasteiger partial charge in [0.05, 0.1) is 0 Å². The fourth-order valence-corrected chi connectivity index (χ4v) is 13.3. The molecule has 4 aromatic rings. The molecule has 0 saturated carbocycles. The fourth-order valence-electron chi connectivity index (χ4n) is 4.50. The van der Waals surface area contributed by atoms with Crippen LogP contribution < -0.4 is 21.2 Å². The van der Waals surface area contributed by atoms with E-state index in [2.05, 4.69) is 0 Å². The zero-order valence-corrected chi connectivity index (χ0v) is 20.5. The highest BCUT2D eigenvalue weighted by Crippen LogP contribution is 2.73. The lowest BCUT2D eigenvalue weighted by atomic mass is 10.3. The highest BCUT2D eigenvalue weighted by atomic mass is 31.2. The monoisotopic (exact) mass is 472 g/mol. The summed E-state index contributed by atoms with van der Waals surface area (Å²) >= 11 is 0. The summed E-state index contributed by atoms with van der Waals surface area (Å²) in [5.41, 5.74) is 0. The SMILES string of the molecule is CC(=O)C(C)(P(=O)(c1ccccc1)c1ccccc1)P(=O)(c1ccccc1)c1ccccc1. The van der Waals surface area contributed by atoms with E-state index in [4.69, 9.17) is 0 Å². The predicted molar refractivity (Wildman–Crippen MR) is 139 cm³/mol. The van der Waals surface area contributed by atoms with Crippen LogP contribution in [-0.2, 0) is 13.9 Å². The lowest BCUT2D eigenvalue weighted by Crippen LogP contribution is -2.46. The molecule has 0 atom stereocenters. The van der Waals surface area contributed by atoms with Crippen LogP contribution in [0.5, 0.6) is 0 Å². The smallest absolute Gasteiger partial charge is 0.163 e. The number of hydrogen-bond donors (Lipinski definition) is 0. The van der Waals surface area contributed by atoms with Crippen molar-refractivity contribution in [3.63, 3.8) is 0 Å². The van der Waals surface area contributed by atoms with Crippen LogP contribution in [0.4, 0.5) is 0 Å². The first-order chi connectivity index (χ1) is 15.9. The minimum absolute atomic E-state index is 0.366. The first kappa shape index (κ1) is 23.2. The molecule has 0 saturated heterocycles. The van der Waals surface area contributed by atoms with Crippen molar-refractivity contribution >= 4 is 41.3 Å². The molecule has 166 valence electrons. The van der Waals surface area contributed by atoms with E-state index in [0.29, 0.717) is 21.2 Å². The van der Waals surface area contributed by atoms with Gasteiger partial charge in [0, 0.05) is 21.2 Å². The van der Waals surface area contributed by atoms with E-state index in [-0.39, 0.29) is 5.78 Å². The van der Waals surface area contributed by atoms with Crippen molar-refractivity contribution < 1.29 is 13.9 Å². The molecule has 0 heterocycles. The van der Waals surface area contributed by atoms with Crippen LogP contribution in [0.1, 0.15) is 13.8 Å². The van der Waals surface area contributed by atoms with Crippen molar-refractivity contribution in [3.8, 4) is 0 Å². The van der Waals surface area contributed by atoms with Crippen LogP contribution in [0.3, 0.4) is 0 Å². The number of ketones is 1. The fraction of sp³-hybridized carbons (Fsp3) is 0.107. The summed E-state index contributed by atoms with van der Waals surface area (Å²) in [4.78, 5) is 12.0. The number of carbonyl (C=O) groups is 1. The third-order valence-electron chi connectivity index (χ3n) is 6.37. The summed E-state index contributed by atoms with van der Waals surface area (Å²) < 4.78 is 31.0. The van der Waals surface area contributed by atoms with E-state index in [9.17, 15) is 4.79 Å². The third-order valence-corrected chi connectivity index (χ3v) is 15.2. The molecule has 0 spiro atoms. The number of rotatable bonds is 7. The molecule has 0 radical (unpaired) electrons. The number of benzene rings is 4. The van der Waals surface area contributed by atoms with Crippen molar-refractivity contribution in [1.29, 1.82) is 0 Å². The Hall–Kier alpha value is -2.99. The maximum absolute atomic E-state index is 15.5. The van der Waals surface area contributed by atoms with Gasteiger partial charge in [-0.05, 0) is 13.8 Å². The highest BCUT2D eigenvalue weighted by Gasteiger charge is 2.62. The number of Topliss-reactive ketones (excluding diaryl/α,β-unsaturated/α-hetero) is 1. The lowest BCUT2D eigenvalue weighted by molar-refractivity contribution is -0.117. The van der Waals surface area contributed by atoms with E-state index >= 15 is 9.13 Å². The van der Waals surface area contributed by atoms with Crippen molar-refractivity contribution in [1.82, 2.24) is 0 Å². The summed E-state index contributed by atoms with van der Waals surface area (Å²) in [7, 11) is -7.53. The van der Waals surface area contributed by atoms with Gasteiger partial charge in [-0.2, -0.15) is 0 Å². The van der Waals surface area contributed by atoms with Gasteiger partial charge in [0.25, 0.3) is 0 Å². The van der Waals surface area contributed by atoms with E-state index in [0.717, 1.165) is 0 Å². The molecule has 0 aromatic heterocycles. The van der Waals surface area contributed by atoms with Crippen LogP contribution in [-0.4, -0.2) is 10.7 Å². The Morgan fingerprint density at radius 1 is 0.515 bits per heavy atom. The average molecular weight is 472 g/mol. The molecule has 0 aliphatic rings. The molecule has 0 bridgehead atoms. The molecular weight excluding hydrogens is 446 g/mol. The van der Waals surface area contributed by atoms with Gasteiger partial charge in [0.1, 0.15) is 4.90 Å². The normalized spacial score (nSPS) is 12.3.